The molecule has 0 aliphatic carbocycles. The number of rotatable bonds is 15. The third-order valence-corrected chi connectivity index (χ3v) is 8.57. The van der Waals surface area contributed by atoms with Crippen LogP contribution < -0.4 is 0 Å². The number of aliphatic hydroxyl groups is 2. The lowest BCUT2D eigenvalue weighted by Gasteiger charge is -2.43. The van der Waals surface area contributed by atoms with E-state index in [1.165, 1.54) is 56.3 Å². The van der Waals surface area contributed by atoms with Crippen molar-refractivity contribution in [3.63, 3.8) is 0 Å². The van der Waals surface area contributed by atoms with Crippen LogP contribution in [0, 0.1) is 18.6 Å². The molecule has 238 valence electrons. The fraction of sp³-hybridized carbons (Fsp3) is 0.667. The summed E-state index contributed by atoms with van der Waals surface area (Å²) in [7, 11) is 3.17. The predicted molar refractivity (Wildman–Crippen MR) is 154 cm³/mol. The Balaban J connectivity index is 1.57. The third kappa shape index (κ3) is 6.96. The van der Waals surface area contributed by atoms with Crippen LogP contribution in [0.2, 0.25) is 0 Å². The molecule has 4 rings (SSSR count). The molecule has 13 heteroatoms. The summed E-state index contributed by atoms with van der Waals surface area (Å²) in [6.45, 7) is 5.26. The summed E-state index contributed by atoms with van der Waals surface area (Å²) in [5, 5.41) is 38.2. The number of hydrogen-bond donors (Lipinski definition) is 2. The molecule has 3 heterocycles. The molecule has 2 N–H and O–H groups in total. The number of aryl methyl sites for hydroxylation is 1. The first-order valence-corrected chi connectivity index (χ1v) is 15.0. The number of aromatic nitrogens is 6. The first-order valence-electron chi connectivity index (χ1n) is 15.0. The second-order valence-electron chi connectivity index (χ2n) is 11.2. The van der Waals surface area contributed by atoms with E-state index < -0.39 is 54.4 Å². The highest BCUT2D eigenvalue weighted by atomic mass is 19.2. The van der Waals surface area contributed by atoms with Crippen LogP contribution in [0.15, 0.2) is 24.5 Å². The normalized spacial score (nSPS) is 23.9. The third-order valence-electron chi connectivity index (χ3n) is 8.57. The summed E-state index contributed by atoms with van der Waals surface area (Å²) in [5.41, 5.74) is 0.206. The van der Waals surface area contributed by atoms with Crippen molar-refractivity contribution in [2.45, 2.75) is 108 Å². The highest BCUT2D eigenvalue weighted by Crippen LogP contribution is 2.35. The smallest absolute Gasteiger partial charge is 0.168 e. The number of benzene rings is 1. The molecule has 1 aromatic carbocycles. The van der Waals surface area contributed by atoms with Gasteiger partial charge in [0.25, 0.3) is 0 Å². The molecule has 1 fully saturated rings. The molecule has 0 radical (unpaired) electrons. The van der Waals surface area contributed by atoms with E-state index in [1.807, 2.05) is 6.20 Å². The Morgan fingerprint density at radius 1 is 1.00 bits per heavy atom. The number of aliphatic hydroxyl groups excluding tert-OH is 2. The number of methoxy groups -OCH3 is 2. The average Bonchev–Trinajstić information content (AvgIpc) is 3.69. The Morgan fingerprint density at radius 2 is 1.77 bits per heavy atom. The minimum Gasteiger partial charge on any atom is -0.394 e. The van der Waals surface area contributed by atoms with Crippen molar-refractivity contribution in [1.29, 1.82) is 0 Å². The molecule has 1 unspecified atom stereocenters. The number of unbranched alkanes of at least 4 members (excludes halogenated alkanes) is 4. The zero-order chi connectivity index (χ0) is 31.1. The Morgan fingerprint density at radius 3 is 2.44 bits per heavy atom. The van der Waals surface area contributed by atoms with Crippen LogP contribution in [0.5, 0.6) is 0 Å². The standard InChI is InChI=1S/C30H44F2N6O5/c1-6-8-9-10-11-14-30(7-2,42-5)38-16-20(33-36-38)15-23-29(41-4)27(28(40)24(18-39)43-23)37-17-22(34-35-37)21-13-12-19(3)25(31)26(21)32/h12-13,16-17,23-24,27-29,39-40H,6-11,14-15,18H2,1-5H3/t23-,24-,27+,28+,29+,30?/m1/s1. The van der Waals surface area contributed by atoms with Crippen LogP contribution in [0.25, 0.3) is 11.3 Å². The lowest BCUT2D eigenvalue weighted by molar-refractivity contribution is -0.212. The van der Waals surface area contributed by atoms with Gasteiger partial charge in [-0.05, 0) is 37.8 Å². The van der Waals surface area contributed by atoms with Gasteiger partial charge in [-0.3, -0.25) is 0 Å². The molecule has 2 aromatic heterocycles. The van der Waals surface area contributed by atoms with E-state index in [9.17, 15) is 19.0 Å². The van der Waals surface area contributed by atoms with E-state index in [4.69, 9.17) is 14.2 Å². The average molecular weight is 607 g/mol. The lowest BCUT2D eigenvalue weighted by atomic mass is 9.90. The molecule has 1 aliphatic rings. The summed E-state index contributed by atoms with van der Waals surface area (Å²) in [5.74, 6) is -1.99. The van der Waals surface area contributed by atoms with Gasteiger partial charge >= 0.3 is 0 Å². The number of ether oxygens (including phenoxy) is 3. The van der Waals surface area contributed by atoms with Crippen LogP contribution in [0.1, 0.15) is 76.1 Å². The van der Waals surface area contributed by atoms with Gasteiger partial charge in [-0.25, -0.2) is 18.1 Å². The second-order valence-corrected chi connectivity index (χ2v) is 11.2. The van der Waals surface area contributed by atoms with Gasteiger partial charge in [0.2, 0.25) is 0 Å². The molecule has 6 atom stereocenters. The van der Waals surface area contributed by atoms with Gasteiger partial charge in [0.15, 0.2) is 17.4 Å². The summed E-state index contributed by atoms with van der Waals surface area (Å²) in [6.07, 6.45) is 7.13. The molecule has 3 aromatic rings. The Bertz CT molecular complexity index is 1320. The van der Waals surface area contributed by atoms with Crippen molar-refractivity contribution in [1.82, 2.24) is 30.0 Å². The van der Waals surface area contributed by atoms with Crippen molar-refractivity contribution in [3.05, 3.63) is 47.4 Å². The van der Waals surface area contributed by atoms with Crippen molar-refractivity contribution >= 4 is 0 Å². The van der Waals surface area contributed by atoms with Gasteiger partial charge in [-0.2, -0.15) is 0 Å². The Kier molecular flexibility index (Phi) is 11.3. The summed E-state index contributed by atoms with van der Waals surface area (Å²) >= 11 is 0. The highest BCUT2D eigenvalue weighted by molar-refractivity contribution is 5.59. The van der Waals surface area contributed by atoms with Gasteiger partial charge in [-0.15, -0.1) is 10.2 Å². The molecular formula is C30H44F2N6O5. The number of halogens is 2. The van der Waals surface area contributed by atoms with Crippen molar-refractivity contribution in [2.24, 2.45) is 0 Å². The molecular weight excluding hydrogens is 562 g/mol. The molecule has 0 saturated carbocycles. The van der Waals surface area contributed by atoms with E-state index in [1.54, 1.807) is 11.8 Å². The highest BCUT2D eigenvalue weighted by Gasteiger charge is 2.47. The van der Waals surface area contributed by atoms with Crippen LogP contribution in [0.4, 0.5) is 8.78 Å². The van der Waals surface area contributed by atoms with Crippen LogP contribution >= 0.6 is 0 Å². The second kappa shape index (κ2) is 14.8. The quantitative estimate of drug-likeness (QED) is 0.246. The molecule has 1 aliphatic heterocycles. The summed E-state index contributed by atoms with van der Waals surface area (Å²) in [6, 6.07) is 2.04. The van der Waals surface area contributed by atoms with Gasteiger partial charge in [0.1, 0.15) is 30.0 Å². The lowest BCUT2D eigenvalue weighted by Crippen LogP contribution is -2.57. The monoisotopic (exact) mass is 606 g/mol. The van der Waals surface area contributed by atoms with E-state index >= 15 is 0 Å². The minimum absolute atomic E-state index is 0.0559. The Hall–Kier alpha value is -2.84. The fourth-order valence-corrected chi connectivity index (χ4v) is 5.92. The maximum atomic E-state index is 14.7. The van der Waals surface area contributed by atoms with Crippen molar-refractivity contribution in [2.75, 3.05) is 20.8 Å². The predicted octanol–water partition coefficient (Wildman–Crippen LogP) is 4.11. The molecule has 0 bridgehead atoms. The van der Waals surface area contributed by atoms with Crippen molar-refractivity contribution < 1.29 is 33.2 Å². The van der Waals surface area contributed by atoms with Gasteiger partial charge < -0.3 is 24.4 Å². The number of hydrogen-bond acceptors (Lipinski definition) is 9. The fourth-order valence-electron chi connectivity index (χ4n) is 5.92. The molecule has 11 nitrogen and oxygen atoms in total. The summed E-state index contributed by atoms with van der Waals surface area (Å²) in [4.78, 5) is 0. The molecule has 43 heavy (non-hydrogen) atoms. The first-order chi connectivity index (χ1) is 20.7. The van der Waals surface area contributed by atoms with E-state index in [0.29, 0.717) is 12.1 Å². The maximum Gasteiger partial charge on any atom is 0.168 e. The summed E-state index contributed by atoms with van der Waals surface area (Å²) < 4.78 is 49.9. The van der Waals surface area contributed by atoms with Gasteiger partial charge in [0, 0.05) is 26.2 Å². The van der Waals surface area contributed by atoms with E-state index in [0.717, 1.165) is 19.3 Å². The van der Waals surface area contributed by atoms with Crippen LogP contribution in [-0.4, -0.2) is 85.4 Å². The molecule has 0 spiro atoms. The SMILES string of the molecule is CCCCCCCC(CC)(OC)n1cc(C[C@H]2O[C@H](CO)[C@H](O)[C@H](n3cc(-c4ccc(C)c(F)c4F)nn3)[C@H]2OC)nn1. The number of nitrogens with zero attached hydrogens (tertiary/aromatic N) is 6. The zero-order valence-corrected chi connectivity index (χ0v) is 25.6. The Labute approximate surface area is 251 Å². The molecule has 0 amide bonds. The van der Waals surface area contributed by atoms with Crippen LogP contribution in [0.3, 0.4) is 0 Å². The van der Waals surface area contributed by atoms with E-state index in [2.05, 4.69) is 34.5 Å². The van der Waals surface area contributed by atoms with Crippen molar-refractivity contribution in [3.8, 4) is 11.3 Å². The van der Waals surface area contributed by atoms with E-state index in [-0.39, 0.29) is 23.2 Å². The largest absolute Gasteiger partial charge is 0.394 e. The first kappa shape index (κ1) is 33.1. The maximum absolute atomic E-state index is 14.7. The zero-order valence-electron chi connectivity index (χ0n) is 25.6. The minimum atomic E-state index is -1.23. The van der Waals surface area contributed by atoms with Gasteiger partial charge in [-0.1, -0.05) is 56.0 Å². The topological polar surface area (TPSA) is 130 Å². The molecule has 1 saturated heterocycles. The van der Waals surface area contributed by atoms with Crippen LogP contribution in [-0.2, 0) is 26.4 Å². The van der Waals surface area contributed by atoms with Gasteiger partial charge in [0.05, 0.1) is 30.8 Å².